The summed E-state index contributed by atoms with van der Waals surface area (Å²) in [4.78, 5) is 1.75. The molecule has 0 aliphatic carbocycles. The van der Waals surface area contributed by atoms with Gasteiger partial charge in [0.2, 0.25) is 0 Å². The zero-order chi connectivity index (χ0) is 14.2. The van der Waals surface area contributed by atoms with Crippen molar-refractivity contribution in [2.45, 2.75) is 19.1 Å². The fourth-order valence-electron chi connectivity index (χ4n) is 2.19. The van der Waals surface area contributed by atoms with Gasteiger partial charge in [0, 0.05) is 12.6 Å². The fraction of sp³-hybridized carbons (Fsp3) is 0.500. The Balaban J connectivity index is 2.42. The van der Waals surface area contributed by atoms with Gasteiger partial charge >= 0.3 is 0 Å². The van der Waals surface area contributed by atoms with E-state index < -0.39 is 5.82 Å². The number of ether oxygens (including phenoxy) is 1. The minimum absolute atomic E-state index is 0.0701. The number of nitrogen functional groups attached to an aromatic ring is 2. The molecule has 1 aromatic rings. The van der Waals surface area contributed by atoms with E-state index in [2.05, 4.69) is 0 Å². The van der Waals surface area contributed by atoms with Gasteiger partial charge in [-0.1, -0.05) is 11.6 Å². The van der Waals surface area contributed by atoms with Crippen molar-refractivity contribution >= 4 is 28.7 Å². The van der Waals surface area contributed by atoms with Crippen LogP contribution in [-0.2, 0) is 4.74 Å². The first kappa shape index (κ1) is 14.2. The lowest BCUT2D eigenvalue weighted by atomic mass is 10.1. The van der Waals surface area contributed by atoms with Crippen LogP contribution in [-0.4, -0.2) is 37.0 Å². The van der Waals surface area contributed by atoms with E-state index in [-0.39, 0.29) is 40.8 Å². The molecule has 0 saturated carbocycles. The average molecular weight is 290 g/mol. The molecular formula is C12H17ClFN3O2. The summed E-state index contributed by atoms with van der Waals surface area (Å²) in [6, 6.07) is 1.37. The lowest BCUT2D eigenvalue weighted by molar-refractivity contribution is -0.0104. The Bertz CT molecular complexity index is 487. The van der Waals surface area contributed by atoms with Crippen LogP contribution in [0, 0.1) is 5.82 Å². The van der Waals surface area contributed by atoms with Crippen molar-refractivity contribution in [3.63, 3.8) is 0 Å². The molecular weight excluding hydrogens is 273 g/mol. The first-order valence-electron chi connectivity index (χ1n) is 5.97. The number of hydrogen-bond donors (Lipinski definition) is 3. The Morgan fingerprint density at radius 1 is 1.53 bits per heavy atom. The maximum Gasteiger partial charge on any atom is 0.169 e. The van der Waals surface area contributed by atoms with Crippen LogP contribution in [0.15, 0.2) is 6.07 Å². The van der Waals surface area contributed by atoms with Crippen LogP contribution in [0.25, 0.3) is 0 Å². The molecule has 0 bridgehead atoms. The molecule has 1 aliphatic rings. The molecule has 2 rings (SSSR count). The number of halogens is 2. The summed E-state index contributed by atoms with van der Waals surface area (Å²) in [5.74, 6) is -0.635. The van der Waals surface area contributed by atoms with Gasteiger partial charge in [-0.05, 0) is 13.0 Å². The molecule has 0 spiro atoms. The van der Waals surface area contributed by atoms with E-state index in [1.54, 1.807) is 4.90 Å². The Morgan fingerprint density at radius 3 is 2.84 bits per heavy atom. The maximum atomic E-state index is 14.3. The average Bonchev–Trinajstić information content (AvgIpc) is 2.38. The quantitative estimate of drug-likeness (QED) is 0.713. The molecule has 1 fully saturated rings. The number of rotatable bonds is 2. The largest absolute Gasteiger partial charge is 0.397 e. The van der Waals surface area contributed by atoms with Gasteiger partial charge in [0.15, 0.2) is 5.82 Å². The molecule has 2 atom stereocenters. The van der Waals surface area contributed by atoms with Gasteiger partial charge in [0.25, 0.3) is 0 Å². The van der Waals surface area contributed by atoms with Gasteiger partial charge in [0.1, 0.15) is 5.02 Å². The summed E-state index contributed by atoms with van der Waals surface area (Å²) in [6.45, 7) is 2.48. The topological polar surface area (TPSA) is 84.7 Å². The second kappa shape index (κ2) is 5.40. The third kappa shape index (κ3) is 2.56. The molecule has 1 saturated heterocycles. The molecule has 2 unspecified atom stereocenters. The molecule has 0 radical (unpaired) electrons. The summed E-state index contributed by atoms with van der Waals surface area (Å²) in [7, 11) is 0. The highest BCUT2D eigenvalue weighted by molar-refractivity contribution is 6.33. The monoisotopic (exact) mass is 289 g/mol. The van der Waals surface area contributed by atoms with E-state index in [1.165, 1.54) is 6.07 Å². The van der Waals surface area contributed by atoms with Crippen molar-refractivity contribution in [3.8, 4) is 0 Å². The Morgan fingerprint density at radius 2 is 2.21 bits per heavy atom. The molecule has 0 aromatic heterocycles. The number of morpholine rings is 1. The first-order chi connectivity index (χ1) is 8.95. The van der Waals surface area contributed by atoms with Crippen LogP contribution in [0.5, 0.6) is 0 Å². The van der Waals surface area contributed by atoms with Gasteiger partial charge < -0.3 is 26.2 Å². The number of hydrogen-bond acceptors (Lipinski definition) is 5. The highest BCUT2D eigenvalue weighted by Gasteiger charge is 2.30. The maximum absolute atomic E-state index is 14.3. The van der Waals surface area contributed by atoms with Crippen molar-refractivity contribution in [2.75, 3.05) is 36.1 Å². The number of aliphatic hydroxyl groups excluding tert-OH is 1. The zero-order valence-electron chi connectivity index (χ0n) is 10.6. The third-order valence-corrected chi connectivity index (χ3v) is 3.62. The molecule has 1 aromatic carbocycles. The molecule has 1 heterocycles. The summed E-state index contributed by atoms with van der Waals surface area (Å²) >= 11 is 5.83. The van der Waals surface area contributed by atoms with E-state index in [0.29, 0.717) is 13.2 Å². The predicted molar refractivity (Wildman–Crippen MR) is 73.9 cm³/mol. The number of aliphatic hydroxyl groups is 1. The normalized spacial score (nSPS) is 23.7. The van der Waals surface area contributed by atoms with Crippen molar-refractivity contribution in [3.05, 3.63) is 16.9 Å². The second-order valence-corrected chi connectivity index (χ2v) is 5.05. The smallest absolute Gasteiger partial charge is 0.169 e. The fourth-order valence-corrected chi connectivity index (χ4v) is 2.33. The molecule has 106 valence electrons. The van der Waals surface area contributed by atoms with E-state index in [1.807, 2.05) is 6.92 Å². The zero-order valence-corrected chi connectivity index (χ0v) is 11.3. The predicted octanol–water partition coefficient (Wildman–Crippen LogP) is 1.23. The second-order valence-electron chi connectivity index (χ2n) is 4.67. The standard InChI is InChI=1S/C12H17ClFN3O2/c1-6-5-19-7(4-18)3-17(6)12-9(16)2-8(15)10(13)11(12)14/h2,6-7,18H,3-5,15-16H2,1H3. The van der Waals surface area contributed by atoms with E-state index >= 15 is 0 Å². The lowest BCUT2D eigenvalue weighted by Gasteiger charge is -2.39. The summed E-state index contributed by atoms with van der Waals surface area (Å²) in [5, 5.41) is 9.02. The van der Waals surface area contributed by atoms with Crippen molar-refractivity contribution < 1.29 is 14.2 Å². The van der Waals surface area contributed by atoms with Gasteiger partial charge in [0.05, 0.1) is 36.4 Å². The van der Waals surface area contributed by atoms with Gasteiger partial charge in [-0.25, -0.2) is 4.39 Å². The Hall–Kier alpha value is -1.24. The van der Waals surface area contributed by atoms with Crippen LogP contribution in [0.1, 0.15) is 6.92 Å². The lowest BCUT2D eigenvalue weighted by Crippen LogP contribution is -2.50. The number of benzene rings is 1. The van der Waals surface area contributed by atoms with Crippen LogP contribution in [0.4, 0.5) is 21.5 Å². The Kier molecular flexibility index (Phi) is 4.03. The first-order valence-corrected chi connectivity index (χ1v) is 6.35. The van der Waals surface area contributed by atoms with E-state index in [9.17, 15) is 4.39 Å². The molecule has 19 heavy (non-hydrogen) atoms. The van der Waals surface area contributed by atoms with E-state index in [4.69, 9.17) is 32.9 Å². The Labute approximate surface area is 115 Å². The third-order valence-electron chi connectivity index (χ3n) is 3.23. The minimum atomic E-state index is -0.635. The van der Waals surface area contributed by atoms with E-state index in [0.717, 1.165) is 0 Å². The molecule has 1 aliphatic heterocycles. The summed E-state index contributed by atoms with van der Waals surface area (Å²) < 4.78 is 19.7. The molecule has 5 nitrogen and oxygen atoms in total. The van der Waals surface area contributed by atoms with Crippen LogP contribution in [0.2, 0.25) is 5.02 Å². The highest BCUT2D eigenvalue weighted by Crippen LogP contribution is 2.37. The van der Waals surface area contributed by atoms with Gasteiger partial charge in [-0.3, -0.25) is 0 Å². The van der Waals surface area contributed by atoms with Crippen LogP contribution < -0.4 is 16.4 Å². The minimum Gasteiger partial charge on any atom is -0.397 e. The van der Waals surface area contributed by atoms with Crippen LogP contribution in [0.3, 0.4) is 0 Å². The highest BCUT2D eigenvalue weighted by atomic mass is 35.5. The molecule has 7 heteroatoms. The van der Waals surface area contributed by atoms with Gasteiger partial charge in [-0.2, -0.15) is 0 Å². The number of nitrogens with zero attached hydrogens (tertiary/aromatic N) is 1. The van der Waals surface area contributed by atoms with Crippen molar-refractivity contribution in [1.82, 2.24) is 0 Å². The van der Waals surface area contributed by atoms with Crippen molar-refractivity contribution in [2.24, 2.45) is 0 Å². The SMILES string of the molecule is CC1COC(CO)CN1c1c(N)cc(N)c(Cl)c1F. The summed E-state index contributed by atoms with van der Waals surface area (Å²) in [5.41, 5.74) is 12.0. The number of nitrogens with two attached hydrogens (primary N) is 2. The van der Waals surface area contributed by atoms with Crippen molar-refractivity contribution in [1.29, 1.82) is 0 Å². The van der Waals surface area contributed by atoms with Gasteiger partial charge in [-0.15, -0.1) is 0 Å². The molecule has 0 amide bonds. The molecule has 5 N–H and O–H groups in total. The summed E-state index contributed by atoms with van der Waals surface area (Å²) in [6.07, 6.45) is -0.369. The van der Waals surface area contributed by atoms with Crippen LogP contribution >= 0.6 is 11.6 Å². The number of anilines is 3.